The number of nitrogens with zero attached hydrogens (tertiary/aromatic N) is 2. The molecule has 0 spiro atoms. The number of thioether (sulfide) groups is 1. The van der Waals surface area contributed by atoms with E-state index in [2.05, 4.69) is 6.92 Å². The second kappa shape index (κ2) is 10.9. The fraction of sp³-hybridized carbons (Fsp3) is 0.364. The smallest absolute Gasteiger partial charge is 0.269 e. The van der Waals surface area contributed by atoms with Gasteiger partial charge in [-0.05, 0) is 42.7 Å². The number of hydrogen-bond donors (Lipinski definition) is 0. The van der Waals surface area contributed by atoms with Gasteiger partial charge in [0.25, 0.3) is 17.5 Å². The fourth-order valence-corrected chi connectivity index (χ4v) is 4.14. The molecule has 31 heavy (non-hydrogen) atoms. The highest BCUT2D eigenvalue weighted by molar-refractivity contribution is 8.03. The van der Waals surface area contributed by atoms with E-state index in [1.165, 1.54) is 40.9 Å². The number of imide groups is 1. The van der Waals surface area contributed by atoms with E-state index in [0.29, 0.717) is 41.6 Å². The number of nitro groups is 1. The molecule has 1 aliphatic rings. The van der Waals surface area contributed by atoms with Gasteiger partial charge in [0.15, 0.2) is 0 Å². The van der Waals surface area contributed by atoms with Crippen molar-refractivity contribution in [2.75, 3.05) is 19.8 Å². The van der Waals surface area contributed by atoms with E-state index in [-0.39, 0.29) is 23.7 Å². The minimum Gasteiger partial charge on any atom is -0.468 e. The molecule has 164 valence electrons. The van der Waals surface area contributed by atoms with Gasteiger partial charge in [0.2, 0.25) is 0 Å². The molecular formula is C22H24N2O6S. The maximum absolute atomic E-state index is 13.1. The standard InChI is InChI=1S/C22H24N2O6S/c1-2-3-12-29-13-5-11-23-21(25)19(16-7-9-17(10-8-16)24(27)28)20(22(23)26)31-15-18-6-4-14-30-18/h4,6-10,14H,2-3,5,11-13,15H2,1H3. The second-order valence-electron chi connectivity index (χ2n) is 6.96. The molecule has 3 rings (SSSR count). The van der Waals surface area contributed by atoms with Crippen LogP contribution in [0, 0.1) is 10.1 Å². The normalized spacial score (nSPS) is 14.0. The van der Waals surface area contributed by atoms with Crippen molar-refractivity contribution < 1.29 is 23.7 Å². The Balaban J connectivity index is 1.77. The van der Waals surface area contributed by atoms with Crippen LogP contribution in [0.4, 0.5) is 5.69 Å². The van der Waals surface area contributed by atoms with Crippen molar-refractivity contribution in [1.29, 1.82) is 0 Å². The van der Waals surface area contributed by atoms with Crippen molar-refractivity contribution in [3.05, 3.63) is 69.0 Å². The minimum atomic E-state index is -0.503. The van der Waals surface area contributed by atoms with E-state index in [0.717, 1.165) is 12.8 Å². The molecule has 9 heteroatoms. The van der Waals surface area contributed by atoms with Crippen LogP contribution in [0.3, 0.4) is 0 Å². The van der Waals surface area contributed by atoms with Crippen LogP contribution in [0.25, 0.3) is 5.57 Å². The van der Waals surface area contributed by atoms with Gasteiger partial charge in [0.1, 0.15) is 5.76 Å². The molecule has 1 aromatic carbocycles. The molecule has 0 aliphatic carbocycles. The molecule has 0 fully saturated rings. The molecule has 0 saturated carbocycles. The summed E-state index contributed by atoms with van der Waals surface area (Å²) in [4.78, 5) is 38.2. The largest absolute Gasteiger partial charge is 0.468 e. The average molecular weight is 445 g/mol. The highest BCUT2D eigenvalue weighted by Gasteiger charge is 2.39. The molecule has 0 atom stereocenters. The van der Waals surface area contributed by atoms with Crippen molar-refractivity contribution in [3.8, 4) is 0 Å². The highest BCUT2D eigenvalue weighted by Crippen LogP contribution is 2.38. The summed E-state index contributed by atoms with van der Waals surface area (Å²) < 4.78 is 10.9. The second-order valence-corrected chi connectivity index (χ2v) is 7.94. The van der Waals surface area contributed by atoms with Crippen LogP contribution >= 0.6 is 11.8 Å². The number of carbonyl (C=O) groups is 2. The third kappa shape index (κ3) is 5.62. The lowest BCUT2D eigenvalue weighted by atomic mass is 10.1. The highest BCUT2D eigenvalue weighted by atomic mass is 32.2. The van der Waals surface area contributed by atoms with Crippen molar-refractivity contribution in [2.24, 2.45) is 0 Å². The quantitative estimate of drug-likeness (QED) is 0.207. The van der Waals surface area contributed by atoms with Crippen molar-refractivity contribution in [3.63, 3.8) is 0 Å². The maximum atomic E-state index is 13.1. The van der Waals surface area contributed by atoms with Gasteiger partial charge in [0, 0.05) is 31.9 Å². The Bertz CT molecular complexity index is 953. The molecule has 0 radical (unpaired) electrons. The van der Waals surface area contributed by atoms with Crippen LogP contribution in [0.5, 0.6) is 0 Å². The van der Waals surface area contributed by atoms with Crippen LogP contribution in [0.15, 0.2) is 52.0 Å². The first-order valence-corrected chi connectivity index (χ1v) is 11.1. The third-order valence-corrected chi connectivity index (χ3v) is 5.84. The summed E-state index contributed by atoms with van der Waals surface area (Å²) in [5, 5.41) is 11.0. The minimum absolute atomic E-state index is 0.0769. The lowest BCUT2D eigenvalue weighted by molar-refractivity contribution is -0.384. The predicted octanol–water partition coefficient (Wildman–Crippen LogP) is 4.41. The molecule has 0 unspecified atom stereocenters. The maximum Gasteiger partial charge on any atom is 0.269 e. The summed E-state index contributed by atoms with van der Waals surface area (Å²) in [7, 11) is 0. The number of nitro benzene ring substituents is 1. The van der Waals surface area contributed by atoms with E-state index >= 15 is 0 Å². The number of amides is 2. The SMILES string of the molecule is CCCCOCCCN1C(=O)C(SCc2ccco2)=C(c2ccc([N+](=O)[O-])cc2)C1=O. The first kappa shape index (κ1) is 22.8. The van der Waals surface area contributed by atoms with Gasteiger partial charge < -0.3 is 9.15 Å². The molecule has 2 amide bonds. The zero-order valence-corrected chi connectivity index (χ0v) is 18.1. The number of furan rings is 1. The van der Waals surface area contributed by atoms with Crippen LogP contribution in [-0.2, 0) is 20.1 Å². The van der Waals surface area contributed by atoms with Gasteiger partial charge in [0.05, 0.1) is 27.4 Å². The van der Waals surface area contributed by atoms with Gasteiger partial charge in [-0.1, -0.05) is 13.3 Å². The summed E-state index contributed by atoms with van der Waals surface area (Å²) in [6, 6.07) is 9.23. The molecule has 1 aliphatic heterocycles. The van der Waals surface area contributed by atoms with E-state index in [1.807, 2.05) is 0 Å². The predicted molar refractivity (Wildman–Crippen MR) is 117 cm³/mol. The molecule has 8 nitrogen and oxygen atoms in total. The Morgan fingerprint density at radius 2 is 1.84 bits per heavy atom. The van der Waals surface area contributed by atoms with Crippen LogP contribution in [0.2, 0.25) is 0 Å². The summed E-state index contributed by atoms with van der Waals surface area (Å²) >= 11 is 1.23. The number of rotatable bonds is 12. The van der Waals surface area contributed by atoms with E-state index in [4.69, 9.17) is 9.15 Å². The molecule has 0 bridgehead atoms. The average Bonchev–Trinajstić information content (AvgIpc) is 3.36. The van der Waals surface area contributed by atoms with Crippen molar-refractivity contribution in [1.82, 2.24) is 4.90 Å². The molecule has 0 N–H and O–H groups in total. The Morgan fingerprint density at radius 3 is 2.48 bits per heavy atom. The Kier molecular flexibility index (Phi) is 8.02. The van der Waals surface area contributed by atoms with Gasteiger partial charge in [-0.3, -0.25) is 24.6 Å². The van der Waals surface area contributed by atoms with E-state index in [1.54, 1.807) is 18.4 Å². The third-order valence-electron chi connectivity index (χ3n) is 4.74. The number of non-ortho nitro benzene ring substituents is 1. The molecule has 0 saturated heterocycles. The summed E-state index contributed by atoms with van der Waals surface area (Å²) in [5.41, 5.74) is 0.669. The first-order valence-electron chi connectivity index (χ1n) is 10.1. The fourth-order valence-electron chi connectivity index (χ4n) is 3.11. The van der Waals surface area contributed by atoms with Crippen LogP contribution in [0.1, 0.15) is 37.5 Å². The van der Waals surface area contributed by atoms with Gasteiger partial charge in [-0.2, -0.15) is 0 Å². The Morgan fingerprint density at radius 1 is 1.10 bits per heavy atom. The summed E-state index contributed by atoms with van der Waals surface area (Å²) in [5.74, 6) is 0.326. The van der Waals surface area contributed by atoms with Crippen LogP contribution in [-0.4, -0.2) is 41.4 Å². The monoisotopic (exact) mass is 444 g/mol. The number of benzene rings is 1. The van der Waals surface area contributed by atoms with Crippen LogP contribution < -0.4 is 0 Å². The van der Waals surface area contributed by atoms with Crippen molar-refractivity contribution in [2.45, 2.75) is 31.9 Å². The van der Waals surface area contributed by atoms with Gasteiger partial charge in [-0.15, -0.1) is 11.8 Å². The first-order chi connectivity index (χ1) is 15.0. The van der Waals surface area contributed by atoms with Crippen molar-refractivity contribution >= 4 is 34.8 Å². The van der Waals surface area contributed by atoms with Gasteiger partial charge >= 0.3 is 0 Å². The Hall–Kier alpha value is -2.91. The lowest BCUT2D eigenvalue weighted by Crippen LogP contribution is -2.33. The number of ether oxygens (including phenoxy) is 1. The molecular weight excluding hydrogens is 420 g/mol. The lowest BCUT2D eigenvalue weighted by Gasteiger charge is -2.15. The molecule has 2 aromatic rings. The molecule has 1 aromatic heterocycles. The summed E-state index contributed by atoms with van der Waals surface area (Å²) in [6.45, 7) is 3.47. The number of hydrogen-bond acceptors (Lipinski definition) is 7. The van der Waals surface area contributed by atoms with E-state index in [9.17, 15) is 19.7 Å². The number of carbonyl (C=O) groups excluding carboxylic acids is 2. The zero-order valence-electron chi connectivity index (χ0n) is 17.2. The molecule has 2 heterocycles. The zero-order chi connectivity index (χ0) is 22.2. The topological polar surface area (TPSA) is 103 Å². The summed E-state index contributed by atoms with van der Waals surface area (Å²) in [6.07, 6.45) is 4.11. The van der Waals surface area contributed by atoms with Gasteiger partial charge in [-0.25, -0.2) is 0 Å². The number of unbranched alkanes of at least 4 members (excludes halogenated alkanes) is 1. The van der Waals surface area contributed by atoms with E-state index < -0.39 is 10.8 Å². The Labute approximate surface area is 184 Å².